The predicted octanol–water partition coefficient (Wildman–Crippen LogP) is 3.52. The van der Waals surface area contributed by atoms with Gasteiger partial charge in [-0.1, -0.05) is 13.0 Å². The molecular weight excluding hydrogens is 364 g/mol. The van der Waals surface area contributed by atoms with Gasteiger partial charge < -0.3 is 11.1 Å². The van der Waals surface area contributed by atoms with E-state index in [0.717, 1.165) is 25.3 Å². The summed E-state index contributed by atoms with van der Waals surface area (Å²) in [5, 5.41) is 11.3. The lowest BCUT2D eigenvalue weighted by Gasteiger charge is -2.42. The van der Waals surface area contributed by atoms with E-state index < -0.39 is 23.0 Å². The quantitative estimate of drug-likeness (QED) is 0.713. The van der Waals surface area contributed by atoms with E-state index in [1.807, 2.05) is 0 Å². The Bertz CT molecular complexity index is 936. The predicted molar refractivity (Wildman–Crippen MR) is 104 cm³/mol. The molecule has 0 unspecified atom stereocenters. The van der Waals surface area contributed by atoms with Crippen molar-refractivity contribution in [2.75, 3.05) is 18.9 Å². The van der Waals surface area contributed by atoms with Gasteiger partial charge in [-0.15, -0.1) is 10.2 Å². The minimum Gasteiger partial charge on any atom is -0.368 e. The van der Waals surface area contributed by atoms with Gasteiger partial charge in [0.15, 0.2) is 0 Å². The van der Waals surface area contributed by atoms with Crippen molar-refractivity contribution in [3.63, 3.8) is 0 Å². The van der Waals surface area contributed by atoms with Gasteiger partial charge in [0.1, 0.15) is 17.5 Å². The summed E-state index contributed by atoms with van der Waals surface area (Å²) in [4.78, 5) is 15.2. The number of carbonyl (C=O) groups excluding carboxylic acids is 1. The SMILES string of the molecule is C=C(F)C(=NC)C1(CNc2ccc(-c3ccc(C(N)=O)cc3F)nn2)CCC1. The third-order valence-electron chi connectivity index (χ3n) is 5.10. The Hall–Kier alpha value is -3.16. The third-order valence-corrected chi connectivity index (χ3v) is 5.10. The van der Waals surface area contributed by atoms with Crippen LogP contribution in [0.1, 0.15) is 29.6 Å². The van der Waals surface area contributed by atoms with Gasteiger partial charge in [-0.05, 0) is 43.2 Å². The molecule has 1 aliphatic carbocycles. The first kappa shape index (κ1) is 19.6. The molecule has 0 bridgehead atoms. The van der Waals surface area contributed by atoms with Crippen LogP contribution in [0.25, 0.3) is 11.3 Å². The minimum atomic E-state index is -0.702. The average molecular weight is 385 g/mol. The van der Waals surface area contributed by atoms with Gasteiger partial charge in [0.25, 0.3) is 0 Å². The first-order valence-electron chi connectivity index (χ1n) is 8.86. The Morgan fingerprint density at radius 1 is 1.32 bits per heavy atom. The van der Waals surface area contributed by atoms with E-state index in [2.05, 4.69) is 27.1 Å². The summed E-state index contributed by atoms with van der Waals surface area (Å²) >= 11 is 0. The maximum absolute atomic E-state index is 14.2. The number of anilines is 1. The summed E-state index contributed by atoms with van der Waals surface area (Å²) in [5.41, 5.74) is 5.76. The normalized spacial score (nSPS) is 15.6. The number of halogens is 2. The van der Waals surface area contributed by atoms with Gasteiger partial charge in [-0.2, -0.15) is 0 Å². The number of allylic oxidation sites excluding steroid dienone is 1. The number of rotatable bonds is 7. The number of hydrogen-bond acceptors (Lipinski definition) is 5. The Morgan fingerprint density at radius 2 is 2.07 bits per heavy atom. The highest BCUT2D eigenvalue weighted by Gasteiger charge is 2.42. The first-order valence-corrected chi connectivity index (χ1v) is 8.86. The average Bonchev–Trinajstić information content (AvgIpc) is 2.63. The smallest absolute Gasteiger partial charge is 0.248 e. The van der Waals surface area contributed by atoms with E-state index in [1.54, 1.807) is 19.2 Å². The van der Waals surface area contributed by atoms with Gasteiger partial charge in [0, 0.05) is 30.1 Å². The number of hydrogen-bond donors (Lipinski definition) is 2. The van der Waals surface area contributed by atoms with E-state index >= 15 is 0 Å². The zero-order valence-corrected chi connectivity index (χ0v) is 15.5. The lowest BCUT2D eigenvalue weighted by molar-refractivity contribution is 0.1000. The monoisotopic (exact) mass is 385 g/mol. The van der Waals surface area contributed by atoms with Crippen LogP contribution in [0.4, 0.5) is 14.6 Å². The summed E-state index contributed by atoms with van der Waals surface area (Å²) in [6.45, 7) is 3.84. The van der Waals surface area contributed by atoms with Crippen LogP contribution in [0.15, 0.2) is 47.7 Å². The van der Waals surface area contributed by atoms with Crippen molar-refractivity contribution in [1.29, 1.82) is 0 Å². The molecule has 1 fully saturated rings. The molecule has 0 spiro atoms. The number of aliphatic imine (C=N–C) groups is 1. The molecule has 0 atom stereocenters. The second kappa shape index (κ2) is 7.84. The van der Waals surface area contributed by atoms with E-state index in [-0.39, 0.29) is 11.1 Å². The fourth-order valence-electron chi connectivity index (χ4n) is 3.45. The molecule has 3 rings (SSSR count). The van der Waals surface area contributed by atoms with Crippen molar-refractivity contribution >= 4 is 17.4 Å². The van der Waals surface area contributed by atoms with Crippen molar-refractivity contribution in [3.05, 3.63) is 54.1 Å². The highest BCUT2D eigenvalue weighted by Crippen LogP contribution is 2.44. The summed E-state index contributed by atoms with van der Waals surface area (Å²) in [6, 6.07) is 7.23. The maximum atomic E-state index is 14.2. The van der Waals surface area contributed by atoms with E-state index in [4.69, 9.17) is 5.73 Å². The van der Waals surface area contributed by atoms with Crippen LogP contribution in [-0.2, 0) is 0 Å². The standard InChI is InChI=1S/C20H21F2N5O/c1-12(21)18(24-2)20(8-3-9-20)11-25-17-7-6-16(26-27-17)14-5-4-13(19(23)28)10-15(14)22/h4-7,10H,1,3,8-9,11H2,2H3,(H2,23,28)(H,25,27). The van der Waals surface area contributed by atoms with Gasteiger partial charge in [-0.25, -0.2) is 8.78 Å². The highest BCUT2D eigenvalue weighted by molar-refractivity contribution is 6.03. The Kier molecular flexibility index (Phi) is 5.48. The van der Waals surface area contributed by atoms with Crippen LogP contribution in [0.3, 0.4) is 0 Å². The number of nitrogens with one attached hydrogen (secondary N) is 1. The fraction of sp³-hybridized carbons (Fsp3) is 0.300. The Morgan fingerprint density at radius 3 is 2.54 bits per heavy atom. The molecule has 0 aliphatic heterocycles. The van der Waals surface area contributed by atoms with Crippen LogP contribution in [0.5, 0.6) is 0 Å². The molecule has 6 nitrogen and oxygen atoms in total. The number of aromatic nitrogens is 2. The highest BCUT2D eigenvalue weighted by atomic mass is 19.1. The van der Waals surface area contributed by atoms with Crippen molar-refractivity contribution in [1.82, 2.24) is 10.2 Å². The minimum absolute atomic E-state index is 0.0844. The van der Waals surface area contributed by atoms with Gasteiger partial charge in [0.05, 0.1) is 11.4 Å². The number of primary amides is 1. The Labute approximate surface area is 161 Å². The van der Waals surface area contributed by atoms with Crippen LogP contribution < -0.4 is 11.1 Å². The molecule has 0 saturated heterocycles. The molecular formula is C20H21F2N5O. The second-order valence-electron chi connectivity index (χ2n) is 6.83. The molecule has 3 N–H and O–H groups in total. The zero-order chi connectivity index (χ0) is 20.3. The number of carbonyl (C=O) groups is 1. The largest absolute Gasteiger partial charge is 0.368 e. The molecule has 1 aromatic heterocycles. The summed E-state index contributed by atoms with van der Waals surface area (Å²) in [6.07, 6.45) is 2.64. The van der Waals surface area contributed by atoms with Crippen molar-refractivity contribution in [2.45, 2.75) is 19.3 Å². The maximum Gasteiger partial charge on any atom is 0.248 e. The topological polar surface area (TPSA) is 93.3 Å². The zero-order valence-electron chi connectivity index (χ0n) is 15.5. The fourth-order valence-corrected chi connectivity index (χ4v) is 3.45. The van der Waals surface area contributed by atoms with Crippen LogP contribution in [0.2, 0.25) is 0 Å². The molecule has 1 saturated carbocycles. The molecule has 2 aromatic rings. The van der Waals surface area contributed by atoms with Gasteiger partial charge in [-0.3, -0.25) is 9.79 Å². The summed E-state index contributed by atoms with van der Waals surface area (Å²) in [5.74, 6) is -1.33. The molecule has 1 aliphatic rings. The van der Waals surface area contributed by atoms with Crippen molar-refractivity contribution < 1.29 is 13.6 Å². The molecule has 146 valence electrons. The lowest BCUT2D eigenvalue weighted by Crippen LogP contribution is -2.44. The van der Waals surface area contributed by atoms with E-state index in [0.29, 0.717) is 23.8 Å². The number of benzene rings is 1. The first-order chi connectivity index (χ1) is 13.4. The third kappa shape index (κ3) is 3.76. The van der Waals surface area contributed by atoms with Crippen molar-refractivity contribution in [2.24, 2.45) is 16.1 Å². The van der Waals surface area contributed by atoms with E-state index in [1.165, 1.54) is 12.1 Å². The molecule has 8 heteroatoms. The van der Waals surface area contributed by atoms with Gasteiger partial charge in [0.2, 0.25) is 5.91 Å². The molecule has 0 radical (unpaired) electrons. The number of nitrogens with zero attached hydrogens (tertiary/aromatic N) is 3. The molecule has 1 aromatic carbocycles. The van der Waals surface area contributed by atoms with Gasteiger partial charge >= 0.3 is 0 Å². The van der Waals surface area contributed by atoms with Crippen LogP contribution in [-0.4, -0.2) is 35.4 Å². The molecule has 1 amide bonds. The number of nitrogens with two attached hydrogens (primary N) is 1. The molecule has 28 heavy (non-hydrogen) atoms. The summed E-state index contributed by atoms with van der Waals surface area (Å²) < 4.78 is 27.9. The van der Waals surface area contributed by atoms with Crippen LogP contribution in [0, 0.1) is 11.2 Å². The Balaban J connectivity index is 1.73. The summed E-state index contributed by atoms with van der Waals surface area (Å²) in [7, 11) is 1.56. The van der Waals surface area contributed by atoms with Crippen molar-refractivity contribution in [3.8, 4) is 11.3 Å². The lowest BCUT2D eigenvalue weighted by atomic mass is 9.65. The van der Waals surface area contributed by atoms with E-state index in [9.17, 15) is 13.6 Å². The molecule has 1 heterocycles. The second-order valence-corrected chi connectivity index (χ2v) is 6.83. The number of amides is 1. The van der Waals surface area contributed by atoms with Crippen LogP contribution >= 0.6 is 0 Å².